The van der Waals surface area contributed by atoms with Crippen LogP contribution in [0.25, 0.3) is 0 Å². The third-order valence-electron chi connectivity index (χ3n) is 4.46. The Morgan fingerprint density at radius 3 is 2.53 bits per heavy atom. The molecule has 1 aliphatic rings. The average Bonchev–Trinajstić information content (AvgIpc) is 2.40. The molecule has 1 N–H and O–H groups in total. The summed E-state index contributed by atoms with van der Waals surface area (Å²) >= 11 is 0. The Bertz CT molecular complexity index is 242. The minimum Gasteiger partial charge on any atom is -0.379 e. The van der Waals surface area contributed by atoms with Crippen LogP contribution in [0.2, 0.25) is 0 Å². The molecule has 1 heterocycles. The summed E-state index contributed by atoms with van der Waals surface area (Å²) in [6, 6.07) is 0.615. The Labute approximate surface area is 119 Å². The molecule has 1 atom stereocenters. The number of nitrogens with zero attached hydrogens (tertiary/aromatic N) is 2. The number of hydrogen-bond donors (Lipinski definition) is 1. The van der Waals surface area contributed by atoms with E-state index in [1.807, 2.05) is 0 Å². The van der Waals surface area contributed by atoms with E-state index in [4.69, 9.17) is 4.74 Å². The Morgan fingerprint density at radius 1 is 1.26 bits per heavy atom. The van der Waals surface area contributed by atoms with Crippen molar-refractivity contribution in [2.24, 2.45) is 0 Å². The van der Waals surface area contributed by atoms with E-state index in [1.165, 1.54) is 12.8 Å². The van der Waals surface area contributed by atoms with Crippen LogP contribution in [0.5, 0.6) is 0 Å². The lowest BCUT2D eigenvalue weighted by Crippen LogP contribution is -2.63. The van der Waals surface area contributed by atoms with Crippen LogP contribution in [-0.2, 0) is 4.74 Å². The standard InChI is InChI=1S/C15H33N3O/c1-6-15(7-2)13-18(14(3)12-16-15)9-11-19-10-8-17(4)5/h14,16H,6-13H2,1-5H3. The van der Waals surface area contributed by atoms with Gasteiger partial charge in [0, 0.05) is 37.8 Å². The summed E-state index contributed by atoms with van der Waals surface area (Å²) in [7, 11) is 4.16. The summed E-state index contributed by atoms with van der Waals surface area (Å²) in [6.45, 7) is 12.9. The van der Waals surface area contributed by atoms with Gasteiger partial charge in [0.15, 0.2) is 0 Å². The molecule has 19 heavy (non-hydrogen) atoms. The molecule has 1 rings (SSSR count). The molecule has 0 radical (unpaired) electrons. The third kappa shape index (κ3) is 5.38. The Kier molecular flexibility index (Phi) is 7.29. The van der Waals surface area contributed by atoms with Crippen molar-refractivity contribution < 1.29 is 4.74 Å². The number of rotatable bonds is 8. The second-order valence-electron chi connectivity index (χ2n) is 6.10. The molecule has 1 aliphatic heterocycles. The number of hydrogen-bond acceptors (Lipinski definition) is 4. The van der Waals surface area contributed by atoms with Crippen molar-refractivity contribution in [2.45, 2.75) is 45.2 Å². The monoisotopic (exact) mass is 271 g/mol. The molecular weight excluding hydrogens is 238 g/mol. The largest absolute Gasteiger partial charge is 0.379 e. The fourth-order valence-electron chi connectivity index (χ4n) is 2.65. The molecular formula is C15H33N3O. The second kappa shape index (κ2) is 8.20. The highest BCUT2D eigenvalue weighted by atomic mass is 16.5. The molecule has 0 saturated carbocycles. The summed E-state index contributed by atoms with van der Waals surface area (Å²) in [4.78, 5) is 4.74. The number of piperazine rings is 1. The van der Waals surface area contributed by atoms with Crippen LogP contribution in [0, 0.1) is 0 Å². The van der Waals surface area contributed by atoms with Crippen molar-refractivity contribution in [3.8, 4) is 0 Å². The Balaban J connectivity index is 2.30. The zero-order valence-electron chi connectivity index (χ0n) is 13.5. The summed E-state index contributed by atoms with van der Waals surface area (Å²) in [5.41, 5.74) is 0.316. The van der Waals surface area contributed by atoms with Gasteiger partial charge in [-0.25, -0.2) is 0 Å². The lowest BCUT2D eigenvalue weighted by Gasteiger charge is -2.46. The van der Waals surface area contributed by atoms with E-state index in [9.17, 15) is 0 Å². The lowest BCUT2D eigenvalue weighted by molar-refractivity contribution is 0.0397. The van der Waals surface area contributed by atoms with Crippen LogP contribution in [0.15, 0.2) is 0 Å². The van der Waals surface area contributed by atoms with E-state index in [0.717, 1.165) is 39.4 Å². The average molecular weight is 271 g/mol. The normalized spacial score (nSPS) is 24.0. The van der Waals surface area contributed by atoms with E-state index in [0.29, 0.717) is 11.6 Å². The summed E-state index contributed by atoms with van der Waals surface area (Å²) in [6.07, 6.45) is 2.41. The highest BCUT2D eigenvalue weighted by molar-refractivity contribution is 4.95. The third-order valence-corrected chi connectivity index (χ3v) is 4.46. The van der Waals surface area contributed by atoms with Gasteiger partial charge >= 0.3 is 0 Å². The zero-order chi connectivity index (χ0) is 14.3. The van der Waals surface area contributed by atoms with Gasteiger partial charge in [0.1, 0.15) is 0 Å². The predicted molar refractivity (Wildman–Crippen MR) is 81.7 cm³/mol. The van der Waals surface area contributed by atoms with Gasteiger partial charge in [0.05, 0.1) is 13.2 Å². The highest BCUT2D eigenvalue weighted by Crippen LogP contribution is 2.22. The van der Waals surface area contributed by atoms with Crippen LogP contribution >= 0.6 is 0 Å². The SMILES string of the molecule is CCC1(CC)CN(CCOCCN(C)C)C(C)CN1. The van der Waals surface area contributed by atoms with E-state index in [1.54, 1.807) is 0 Å². The first-order chi connectivity index (χ1) is 9.03. The summed E-state index contributed by atoms with van der Waals surface area (Å²) in [5.74, 6) is 0. The van der Waals surface area contributed by atoms with Gasteiger partial charge in [-0.1, -0.05) is 13.8 Å². The first-order valence-electron chi connectivity index (χ1n) is 7.74. The molecule has 0 amide bonds. The van der Waals surface area contributed by atoms with Gasteiger partial charge in [-0.2, -0.15) is 0 Å². The molecule has 1 fully saturated rings. The molecule has 0 aromatic rings. The topological polar surface area (TPSA) is 27.7 Å². The number of likely N-dealkylation sites (N-methyl/N-ethyl adjacent to an activating group) is 1. The van der Waals surface area contributed by atoms with Gasteiger partial charge in [0.25, 0.3) is 0 Å². The molecule has 1 unspecified atom stereocenters. The molecule has 0 aromatic carbocycles. The maximum atomic E-state index is 5.73. The zero-order valence-corrected chi connectivity index (χ0v) is 13.5. The predicted octanol–water partition coefficient (Wildman–Crippen LogP) is 1.42. The van der Waals surface area contributed by atoms with Crippen molar-refractivity contribution >= 4 is 0 Å². The van der Waals surface area contributed by atoms with Crippen molar-refractivity contribution in [1.29, 1.82) is 0 Å². The van der Waals surface area contributed by atoms with Gasteiger partial charge in [-0.3, -0.25) is 4.90 Å². The van der Waals surface area contributed by atoms with Crippen LogP contribution in [0.4, 0.5) is 0 Å². The molecule has 114 valence electrons. The van der Waals surface area contributed by atoms with Crippen molar-refractivity contribution in [1.82, 2.24) is 15.1 Å². The van der Waals surface area contributed by atoms with E-state index < -0.39 is 0 Å². The van der Waals surface area contributed by atoms with Gasteiger partial charge in [0.2, 0.25) is 0 Å². The minimum atomic E-state index is 0.316. The maximum absolute atomic E-state index is 5.73. The maximum Gasteiger partial charge on any atom is 0.0594 e. The lowest BCUT2D eigenvalue weighted by atomic mass is 9.89. The Morgan fingerprint density at radius 2 is 1.95 bits per heavy atom. The van der Waals surface area contributed by atoms with Crippen molar-refractivity contribution in [3.63, 3.8) is 0 Å². The van der Waals surface area contributed by atoms with Crippen LogP contribution in [0.1, 0.15) is 33.6 Å². The van der Waals surface area contributed by atoms with E-state index >= 15 is 0 Å². The highest BCUT2D eigenvalue weighted by Gasteiger charge is 2.34. The van der Waals surface area contributed by atoms with Crippen molar-refractivity contribution in [3.05, 3.63) is 0 Å². The quantitative estimate of drug-likeness (QED) is 0.676. The number of ether oxygens (including phenoxy) is 1. The van der Waals surface area contributed by atoms with Gasteiger partial charge in [-0.15, -0.1) is 0 Å². The first-order valence-corrected chi connectivity index (χ1v) is 7.74. The van der Waals surface area contributed by atoms with Crippen molar-refractivity contribution in [2.75, 3.05) is 53.5 Å². The molecule has 1 saturated heterocycles. The van der Waals surface area contributed by atoms with E-state index in [-0.39, 0.29) is 0 Å². The van der Waals surface area contributed by atoms with Crippen LogP contribution in [-0.4, -0.2) is 74.9 Å². The fourth-order valence-corrected chi connectivity index (χ4v) is 2.65. The second-order valence-corrected chi connectivity index (χ2v) is 6.10. The van der Waals surface area contributed by atoms with Gasteiger partial charge in [-0.05, 0) is 33.9 Å². The molecule has 0 aromatic heterocycles. The van der Waals surface area contributed by atoms with Crippen LogP contribution < -0.4 is 5.32 Å². The Hall–Kier alpha value is -0.160. The smallest absolute Gasteiger partial charge is 0.0594 e. The van der Waals surface area contributed by atoms with Crippen LogP contribution in [0.3, 0.4) is 0 Å². The van der Waals surface area contributed by atoms with Gasteiger partial charge < -0.3 is 15.0 Å². The van der Waals surface area contributed by atoms with E-state index in [2.05, 4.69) is 50.0 Å². The molecule has 0 aliphatic carbocycles. The fraction of sp³-hybridized carbons (Fsp3) is 1.00. The summed E-state index contributed by atoms with van der Waals surface area (Å²) in [5, 5.41) is 3.74. The number of nitrogens with one attached hydrogen (secondary N) is 1. The molecule has 4 nitrogen and oxygen atoms in total. The molecule has 0 bridgehead atoms. The molecule has 4 heteroatoms. The molecule has 0 spiro atoms. The first kappa shape index (κ1) is 16.9. The minimum absolute atomic E-state index is 0.316. The summed E-state index contributed by atoms with van der Waals surface area (Å²) < 4.78 is 5.73.